The van der Waals surface area contributed by atoms with E-state index in [1.54, 1.807) is 23.1 Å². The summed E-state index contributed by atoms with van der Waals surface area (Å²) in [7, 11) is -1.44. The fourth-order valence-corrected chi connectivity index (χ4v) is 3.61. The van der Waals surface area contributed by atoms with Crippen LogP contribution in [0.2, 0.25) is 5.02 Å². The van der Waals surface area contributed by atoms with Crippen molar-refractivity contribution in [3.05, 3.63) is 23.2 Å². The number of piperidine rings is 1. The Morgan fingerprint density at radius 2 is 2.00 bits per heavy atom. The second kappa shape index (κ2) is 6.39. The monoisotopic (exact) mass is 300 g/mol. The number of carbonyl (C=O) groups is 1. The van der Waals surface area contributed by atoms with Gasteiger partial charge < -0.3 is 10.6 Å². The van der Waals surface area contributed by atoms with Crippen molar-refractivity contribution in [1.82, 2.24) is 4.90 Å². The fraction of sp³-hybridized carbons (Fsp3) is 0.462. The Labute approximate surface area is 120 Å². The maximum absolute atomic E-state index is 12.2. The van der Waals surface area contributed by atoms with Gasteiger partial charge in [-0.05, 0) is 37.5 Å². The number of hydrogen-bond donors (Lipinski definition) is 1. The second-order valence-electron chi connectivity index (χ2n) is 4.62. The van der Waals surface area contributed by atoms with Crippen molar-refractivity contribution in [3.8, 4) is 0 Å². The van der Waals surface area contributed by atoms with Crippen molar-refractivity contribution in [3.63, 3.8) is 0 Å². The average Bonchev–Trinajstić information content (AvgIpc) is 2.42. The zero-order valence-corrected chi connectivity index (χ0v) is 12.2. The Balaban J connectivity index is 2.04. The first-order valence-corrected chi connectivity index (χ1v) is 7.99. The number of amides is 1. The topological polar surface area (TPSA) is 63.4 Å². The number of benzene rings is 1. The van der Waals surface area contributed by atoms with Crippen molar-refractivity contribution in [2.45, 2.75) is 24.2 Å². The molecule has 1 saturated heterocycles. The number of rotatable bonds is 3. The van der Waals surface area contributed by atoms with Crippen LogP contribution in [0.25, 0.3) is 0 Å². The number of nitrogens with two attached hydrogens (primary N) is 1. The lowest BCUT2D eigenvalue weighted by molar-refractivity contribution is -0.129. The van der Waals surface area contributed by atoms with E-state index < -0.39 is 10.8 Å². The van der Waals surface area contributed by atoms with Gasteiger partial charge in [-0.25, -0.2) is 0 Å². The lowest BCUT2D eigenvalue weighted by Gasteiger charge is -2.26. The molecule has 1 heterocycles. The maximum atomic E-state index is 12.2. The van der Waals surface area contributed by atoms with E-state index >= 15 is 0 Å². The van der Waals surface area contributed by atoms with Crippen molar-refractivity contribution < 1.29 is 9.00 Å². The molecule has 1 fully saturated rings. The van der Waals surface area contributed by atoms with Crippen LogP contribution >= 0.6 is 11.6 Å². The van der Waals surface area contributed by atoms with Crippen LogP contribution in [0.3, 0.4) is 0 Å². The molecule has 0 aromatic heterocycles. The molecule has 1 aliphatic heterocycles. The molecule has 2 rings (SSSR count). The molecule has 104 valence electrons. The Morgan fingerprint density at radius 3 is 2.68 bits per heavy atom. The van der Waals surface area contributed by atoms with Crippen molar-refractivity contribution in [2.24, 2.45) is 0 Å². The number of halogens is 1. The normalized spacial score (nSPS) is 17.2. The maximum Gasteiger partial charge on any atom is 0.235 e. The van der Waals surface area contributed by atoms with Crippen LogP contribution in [-0.4, -0.2) is 33.9 Å². The fourth-order valence-electron chi connectivity index (χ4n) is 2.12. The summed E-state index contributed by atoms with van der Waals surface area (Å²) < 4.78 is 12.2. The predicted molar refractivity (Wildman–Crippen MR) is 77.6 cm³/mol. The minimum atomic E-state index is -1.44. The molecular formula is C13H17ClN2O2S. The summed E-state index contributed by atoms with van der Waals surface area (Å²) in [5.41, 5.74) is 6.15. The number of anilines is 1. The molecule has 1 aliphatic rings. The minimum absolute atomic E-state index is 0.0246. The molecule has 1 unspecified atom stereocenters. The third kappa shape index (κ3) is 3.70. The van der Waals surface area contributed by atoms with Crippen LogP contribution in [0.5, 0.6) is 0 Å². The smallest absolute Gasteiger partial charge is 0.235 e. The van der Waals surface area contributed by atoms with Gasteiger partial charge >= 0.3 is 0 Å². The predicted octanol–water partition coefficient (Wildman–Crippen LogP) is 2.04. The van der Waals surface area contributed by atoms with E-state index in [1.807, 2.05) is 0 Å². The molecule has 4 nitrogen and oxygen atoms in total. The second-order valence-corrected chi connectivity index (χ2v) is 6.45. The summed E-state index contributed by atoms with van der Waals surface area (Å²) in [6.07, 6.45) is 3.21. The van der Waals surface area contributed by atoms with Crippen LogP contribution in [0, 0.1) is 0 Å². The van der Waals surface area contributed by atoms with Gasteiger partial charge in [0, 0.05) is 18.8 Å². The van der Waals surface area contributed by atoms with Gasteiger partial charge in [0.05, 0.1) is 20.7 Å². The van der Waals surface area contributed by atoms with Crippen LogP contribution in [-0.2, 0) is 15.6 Å². The van der Waals surface area contributed by atoms with Gasteiger partial charge in [0.15, 0.2) is 0 Å². The molecule has 1 aromatic rings. The molecule has 0 radical (unpaired) electrons. The summed E-state index contributed by atoms with van der Waals surface area (Å²) in [5.74, 6) is -0.0973. The number of hydrogen-bond acceptors (Lipinski definition) is 3. The van der Waals surface area contributed by atoms with Crippen LogP contribution in [0.4, 0.5) is 5.69 Å². The average molecular weight is 301 g/mol. The molecule has 1 atom stereocenters. The zero-order chi connectivity index (χ0) is 13.8. The summed E-state index contributed by atoms with van der Waals surface area (Å²) in [6, 6.07) is 4.83. The van der Waals surface area contributed by atoms with Crippen LogP contribution < -0.4 is 5.73 Å². The quantitative estimate of drug-likeness (QED) is 0.869. The molecule has 0 spiro atoms. The number of likely N-dealkylation sites (tertiary alicyclic amines) is 1. The first-order chi connectivity index (χ1) is 9.08. The highest BCUT2D eigenvalue weighted by Crippen LogP contribution is 2.23. The third-order valence-electron chi connectivity index (χ3n) is 3.16. The molecule has 0 saturated carbocycles. The van der Waals surface area contributed by atoms with Crippen molar-refractivity contribution in [1.29, 1.82) is 0 Å². The Kier molecular flexibility index (Phi) is 4.82. The van der Waals surface area contributed by atoms with Gasteiger partial charge in [0.25, 0.3) is 0 Å². The molecule has 0 bridgehead atoms. The third-order valence-corrected chi connectivity index (χ3v) is 4.94. The molecule has 6 heteroatoms. The first kappa shape index (κ1) is 14.3. The van der Waals surface area contributed by atoms with Gasteiger partial charge in [-0.15, -0.1) is 0 Å². The van der Waals surface area contributed by atoms with Crippen LogP contribution in [0.1, 0.15) is 19.3 Å². The summed E-state index contributed by atoms with van der Waals surface area (Å²) >= 11 is 5.99. The molecule has 1 amide bonds. The van der Waals surface area contributed by atoms with Gasteiger partial charge in [-0.2, -0.15) is 0 Å². The highest BCUT2D eigenvalue weighted by atomic mass is 35.5. The minimum Gasteiger partial charge on any atom is -0.399 e. The largest absolute Gasteiger partial charge is 0.399 e. The lowest BCUT2D eigenvalue weighted by atomic mass is 10.1. The molecule has 1 aromatic carbocycles. The van der Waals surface area contributed by atoms with Gasteiger partial charge in [0.2, 0.25) is 5.91 Å². The van der Waals surface area contributed by atoms with Gasteiger partial charge in [-0.1, -0.05) is 11.6 Å². The SMILES string of the molecule is Nc1ccc(Cl)c(S(=O)CC(=O)N2CCCCC2)c1. The molecule has 19 heavy (non-hydrogen) atoms. The van der Waals surface area contributed by atoms with E-state index in [0.29, 0.717) is 15.6 Å². The summed E-state index contributed by atoms with van der Waals surface area (Å²) in [4.78, 5) is 14.3. The molecule has 2 N–H and O–H groups in total. The number of nitrogens with zero attached hydrogens (tertiary/aromatic N) is 1. The molecular weight excluding hydrogens is 284 g/mol. The van der Waals surface area contributed by atoms with E-state index in [-0.39, 0.29) is 11.7 Å². The highest BCUT2D eigenvalue weighted by Gasteiger charge is 2.20. The number of nitrogen functional groups attached to an aromatic ring is 1. The summed E-state index contributed by atoms with van der Waals surface area (Å²) in [6.45, 7) is 1.53. The van der Waals surface area contributed by atoms with E-state index in [0.717, 1.165) is 32.4 Å². The van der Waals surface area contributed by atoms with Gasteiger partial charge in [0.1, 0.15) is 5.75 Å². The van der Waals surface area contributed by atoms with Crippen LogP contribution in [0.15, 0.2) is 23.1 Å². The van der Waals surface area contributed by atoms with E-state index in [9.17, 15) is 9.00 Å². The van der Waals surface area contributed by atoms with Gasteiger partial charge in [-0.3, -0.25) is 9.00 Å². The van der Waals surface area contributed by atoms with E-state index in [1.165, 1.54) is 0 Å². The Bertz CT molecular complexity index is 501. The Morgan fingerprint density at radius 1 is 1.32 bits per heavy atom. The standard InChI is InChI=1S/C13H17ClN2O2S/c14-11-5-4-10(15)8-12(11)19(18)9-13(17)16-6-2-1-3-7-16/h4-5,8H,1-3,6-7,9,15H2. The zero-order valence-electron chi connectivity index (χ0n) is 10.6. The van der Waals surface area contributed by atoms with E-state index in [4.69, 9.17) is 17.3 Å². The van der Waals surface area contributed by atoms with Crippen molar-refractivity contribution >= 4 is 34.0 Å². The Hall–Kier alpha value is -1.07. The van der Waals surface area contributed by atoms with E-state index in [2.05, 4.69) is 0 Å². The highest BCUT2D eigenvalue weighted by molar-refractivity contribution is 7.85. The first-order valence-electron chi connectivity index (χ1n) is 6.29. The number of carbonyl (C=O) groups excluding carboxylic acids is 1. The van der Waals surface area contributed by atoms with Crippen molar-refractivity contribution in [2.75, 3.05) is 24.6 Å². The lowest BCUT2D eigenvalue weighted by Crippen LogP contribution is -2.38. The summed E-state index contributed by atoms with van der Waals surface area (Å²) in [5, 5.41) is 0.388. The molecule has 0 aliphatic carbocycles.